The number of imidazole rings is 3. The molecule has 0 saturated carbocycles. The lowest BCUT2D eigenvalue weighted by molar-refractivity contribution is -0.791. The molecule has 42 nitrogen and oxygen atoms in total. The molecule has 0 bridgehead atoms. The van der Waals surface area contributed by atoms with Crippen LogP contribution in [0.5, 0.6) is 17.2 Å². The highest BCUT2D eigenvalue weighted by molar-refractivity contribution is 7.89. The van der Waals surface area contributed by atoms with Crippen molar-refractivity contribution in [2.75, 3.05) is 78.9 Å². The summed E-state index contributed by atoms with van der Waals surface area (Å²) < 4.78 is 107. The Balaban J connectivity index is 0.000000186. The molecule has 3 aliphatic heterocycles. The number of fused-ring (bicyclic) bond motifs is 3. The zero-order chi connectivity index (χ0) is 85.0. The van der Waals surface area contributed by atoms with E-state index in [0.29, 0.717) is 138 Å². The number of nitrogens with zero attached hydrogens (tertiary/aromatic N) is 15. The summed E-state index contributed by atoms with van der Waals surface area (Å²) in [4.78, 5) is 106. The molecule has 636 valence electrons. The fraction of sp³-hybridized carbons (Fsp3) is 0.542. The standard InChI is InChI=1S/C24H31N7O10S.C24H32N6O8S.C24H33N5O6S/c1-4-6-21-25-15(3)22-24(32)26-23(27-29(21)22)18-13-17(7-8-19(18)39-5-2)42(37,38)28-11-9-16(10-12-28)20(41-31(35)36)14-40-30(33)34;1-4-6-21-25-15(3)22-24(32)26-23(27-29(21)22)18-13-17(7-8-20(18)37-5-2)39(35,36)28-11-9-16(10-12-28)19(31)14-38-30(33)34;1-4-6-21-25-15(3)22-24(32)26-23(27-29(21)22)18-13-17(7-8-20(18)35-5-2)36(33,34)28-11-9-16(10-12-28)19(31)14-30/h7-8,13,16,20H,4-6,9-12,14H2,1-3H3,(H,26,27,32);7-8,13,16,19,31H,4-6,9-12,14H2,1-3H3,(H,26,27,32);7-8,13,16,19,30-31H,4-6,9-12,14H2,1-3H3,(H,26,27,32)/t20-;2*19-/m000/s1. The number of hydrogen-bond acceptors (Lipinski definition) is 30. The molecule has 0 radical (unpaired) electrons. The minimum atomic E-state index is -4.06. The number of ether oxygens (including phenoxy) is 3. The van der Waals surface area contributed by atoms with Gasteiger partial charge >= 0.3 is 0 Å². The first-order chi connectivity index (χ1) is 55.7. The van der Waals surface area contributed by atoms with Crippen molar-refractivity contribution in [1.82, 2.24) is 71.7 Å². The van der Waals surface area contributed by atoms with Crippen LogP contribution in [0.25, 0.3) is 50.7 Å². The van der Waals surface area contributed by atoms with Gasteiger partial charge in [0.25, 0.3) is 31.9 Å². The molecule has 117 heavy (non-hydrogen) atoms. The van der Waals surface area contributed by atoms with Crippen molar-refractivity contribution in [2.24, 2.45) is 17.8 Å². The van der Waals surface area contributed by atoms with Crippen molar-refractivity contribution in [1.29, 1.82) is 0 Å². The molecular formula is C72H96N18O24S3. The monoisotopic (exact) mass is 1690 g/mol. The highest BCUT2D eigenvalue weighted by Crippen LogP contribution is 2.38. The van der Waals surface area contributed by atoms with Crippen molar-refractivity contribution >= 4 is 46.6 Å². The molecule has 0 spiro atoms. The van der Waals surface area contributed by atoms with E-state index in [0.717, 1.165) is 19.3 Å². The van der Waals surface area contributed by atoms with E-state index in [9.17, 15) is 85.3 Å². The number of aromatic nitrogens is 12. The number of aryl methyl sites for hydroxylation is 6. The molecule has 3 saturated heterocycles. The van der Waals surface area contributed by atoms with E-state index in [1.165, 1.54) is 75.0 Å². The van der Waals surface area contributed by atoms with Crippen molar-refractivity contribution in [2.45, 2.75) is 172 Å². The third kappa shape index (κ3) is 20.1. The minimum Gasteiger partial charge on any atom is -0.493 e. The summed E-state index contributed by atoms with van der Waals surface area (Å²) in [5, 5.41) is 71.9. The third-order valence-corrected chi connectivity index (χ3v) is 26.0. The molecule has 0 unspecified atom stereocenters. The fourth-order valence-electron chi connectivity index (χ4n) is 14.5. The molecule has 12 rings (SSSR count). The lowest BCUT2D eigenvalue weighted by atomic mass is 9.92. The van der Waals surface area contributed by atoms with E-state index in [-0.39, 0.29) is 120 Å². The Kier molecular flexibility index (Phi) is 29.3. The first kappa shape index (κ1) is 88.7. The maximum absolute atomic E-state index is 13.7. The zero-order valence-electron chi connectivity index (χ0n) is 66.0. The van der Waals surface area contributed by atoms with E-state index < -0.39 is 93.9 Å². The van der Waals surface area contributed by atoms with Gasteiger partial charge in [0.1, 0.15) is 54.0 Å². The lowest BCUT2D eigenvalue weighted by Gasteiger charge is -2.34. The van der Waals surface area contributed by atoms with Gasteiger partial charge in [0.05, 0.1) is 87.1 Å². The van der Waals surface area contributed by atoms with E-state index in [4.69, 9.17) is 14.2 Å². The van der Waals surface area contributed by atoms with Gasteiger partial charge in [-0.05, 0) is 172 Å². The Hall–Kier alpha value is -10.7. The van der Waals surface area contributed by atoms with Crippen molar-refractivity contribution < 1.29 is 84.6 Å². The van der Waals surface area contributed by atoms with Gasteiger partial charge in [-0.2, -0.15) is 12.9 Å². The quantitative estimate of drug-likeness (QED) is 0.0229. The van der Waals surface area contributed by atoms with Gasteiger partial charge in [-0.25, -0.2) is 53.8 Å². The van der Waals surface area contributed by atoms with E-state index in [1.54, 1.807) is 40.7 Å². The highest BCUT2D eigenvalue weighted by Gasteiger charge is 2.38. The van der Waals surface area contributed by atoms with Gasteiger partial charge in [-0.15, -0.1) is 45.6 Å². The van der Waals surface area contributed by atoms with Gasteiger partial charge in [0, 0.05) is 58.5 Å². The van der Waals surface area contributed by atoms with Crippen molar-refractivity contribution in [3.05, 3.63) is 151 Å². The number of aromatic amines is 3. The molecule has 45 heteroatoms. The molecule has 0 aliphatic carbocycles. The Morgan fingerprint density at radius 2 is 0.761 bits per heavy atom. The van der Waals surface area contributed by atoms with E-state index in [1.807, 2.05) is 27.7 Å². The van der Waals surface area contributed by atoms with Gasteiger partial charge in [-0.3, -0.25) is 14.4 Å². The van der Waals surface area contributed by atoms with E-state index >= 15 is 0 Å². The number of H-pyrrole nitrogens is 3. The topological polar surface area (TPSA) is 547 Å². The number of sulfonamides is 3. The molecule has 3 atom stereocenters. The summed E-state index contributed by atoms with van der Waals surface area (Å²) in [7, 11) is -11.9. The van der Waals surface area contributed by atoms with Crippen molar-refractivity contribution in [3.63, 3.8) is 0 Å². The van der Waals surface area contributed by atoms with Gasteiger partial charge < -0.3 is 59.0 Å². The molecule has 9 heterocycles. The van der Waals surface area contributed by atoms with Crippen LogP contribution in [-0.4, -0.2) is 225 Å². The average Bonchev–Trinajstić information content (AvgIpc) is 1.75. The summed E-state index contributed by atoms with van der Waals surface area (Å²) in [6, 6.07) is 13.2. The SMILES string of the molecule is CCCc1nc(C)c2c(=O)[nH]c(-c3cc(S(=O)(=O)N4CCC([C@@H](O)CO)CC4)ccc3OCC)nn12.CCCc1nc(C)c2c(=O)[nH]c(-c3cc(S(=O)(=O)N4CCC([C@@H](O)CO[N+](=O)[O-])CC4)ccc3OCC)nn12.CCCc1nc(C)c2c(=O)[nH]c(-c3cc(S(=O)(=O)N4CCC([C@H](CO[N+](=O)[O-])O[N+](=O)[O-])CC4)ccc3OCC)nn12. The molecular weight excluding hydrogens is 1600 g/mol. The van der Waals surface area contributed by atoms with Gasteiger partial charge in [0.15, 0.2) is 34.0 Å². The maximum atomic E-state index is 13.7. The number of aliphatic hydroxyl groups is 3. The number of benzene rings is 3. The number of hydrogen-bond donors (Lipinski definition) is 6. The minimum absolute atomic E-state index is 0.00465. The van der Waals surface area contributed by atoms with Crippen LogP contribution in [0.3, 0.4) is 0 Å². The second-order valence-electron chi connectivity index (χ2n) is 28.0. The Bertz CT molecular complexity index is 5610. The van der Waals surface area contributed by atoms with Gasteiger partial charge in [-0.1, -0.05) is 20.8 Å². The molecule has 6 N–H and O–H groups in total. The van der Waals surface area contributed by atoms with Crippen LogP contribution in [0, 0.1) is 68.9 Å². The Morgan fingerprint density at radius 3 is 1.04 bits per heavy atom. The van der Waals surface area contributed by atoms with Crippen LogP contribution < -0.4 is 30.9 Å². The Labute approximate surface area is 670 Å². The fourth-order valence-corrected chi connectivity index (χ4v) is 19.0. The molecule has 3 aliphatic rings. The summed E-state index contributed by atoms with van der Waals surface area (Å²) in [5.41, 5.74) is 2.38. The lowest BCUT2D eigenvalue weighted by Crippen LogP contribution is -2.43. The largest absolute Gasteiger partial charge is 0.493 e. The average molecular weight is 1690 g/mol. The summed E-state index contributed by atoms with van der Waals surface area (Å²) in [6.07, 6.45) is 2.92. The first-order valence-electron chi connectivity index (χ1n) is 38.3. The van der Waals surface area contributed by atoms with Crippen LogP contribution in [-0.2, 0) is 63.8 Å². The van der Waals surface area contributed by atoms with Crippen LogP contribution >= 0.6 is 0 Å². The molecule has 6 aromatic heterocycles. The third-order valence-electron chi connectivity index (χ3n) is 20.3. The Morgan fingerprint density at radius 1 is 0.462 bits per heavy atom. The normalized spacial score (nSPS) is 15.9. The van der Waals surface area contributed by atoms with Crippen LogP contribution in [0.1, 0.15) is 134 Å². The van der Waals surface area contributed by atoms with Crippen LogP contribution in [0.4, 0.5) is 0 Å². The first-order valence-corrected chi connectivity index (χ1v) is 42.7. The highest BCUT2D eigenvalue weighted by atomic mass is 32.2. The zero-order valence-corrected chi connectivity index (χ0v) is 68.4. The molecule has 9 aromatic rings. The molecule has 3 fully saturated rings. The second kappa shape index (κ2) is 38.6. The van der Waals surface area contributed by atoms with Crippen LogP contribution in [0.15, 0.2) is 83.7 Å². The number of nitrogens with one attached hydrogen (secondary N) is 3. The number of aliphatic hydroxyl groups excluding tert-OH is 3. The second-order valence-corrected chi connectivity index (χ2v) is 33.8. The summed E-state index contributed by atoms with van der Waals surface area (Å²) in [5.74, 6) is 2.39. The molecule has 0 amide bonds. The van der Waals surface area contributed by atoms with E-state index in [2.05, 4.69) is 59.7 Å². The molecule has 3 aromatic carbocycles. The van der Waals surface area contributed by atoms with Crippen LogP contribution in [0.2, 0.25) is 0 Å². The predicted molar refractivity (Wildman–Crippen MR) is 418 cm³/mol. The summed E-state index contributed by atoms with van der Waals surface area (Å²) in [6.45, 7) is 16.8. The predicted octanol–water partition coefficient (Wildman–Crippen LogP) is 5.14. The summed E-state index contributed by atoms with van der Waals surface area (Å²) >= 11 is 0. The maximum Gasteiger partial charge on any atom is 0.294 e. The number of piperidine rings is 3. The van der Waals surface area contributed by atoms with Gasteiger partial charge in [0.2, 0.25) is 30.1 Å². The number of rotatable bonds is 33. The smallest absolute Gasteiger partial charge is 0.294 e. The van der Waals surface area contributed by atoms with Crippen molar-refractivity contribution in [3.8, 4) is 51.4 Å².